The van der Waals surface area contributed by atoms with E-state index in [4.69, 9.17) is 0 Å². The molecule has 0 spiro atoms. The van der Waals surface area contributed by atoms with Crippen molar-refractivity contribution in [2.75, 3.05) is 0 Å². The molecule has 1 aliphatic rings. The van der Waals surface area contributed by atoms with Crippen LogP contribution in [0, 0.1) is 0 Å². The van der Waals surface area contributed by atoms with Crippen LogP contribution in [0.15, 0.2) is 71.8 Å². The SMILES string of the molecule is CCCCCCCCCCCCCCCCCC=CCCCc1ccccc1C1=C(CCCCC)C(CCCC)=C(c2ccc(CCCC)cc2)[N+]1=[N-].C[CH2][Ni][CH2]C. The molecule has 0 amide bonds. The molecule has 0 atom stereocenters. The van der Waals surface area contributed by atoms with E-state index in [-0.39, 0.29) is 0 Å². The monoisotopic (exact) mass is 837 g/mol. The van der Waals surface area contributed by atoms with Gasteiger partial charge in [0, 0.05) is 22.3 Å². The van der Waals surface area contributed by atoms with Crippen molar-refractivity contribution in [1.82, 2.24) is 0 Å². The summed E-state index contributed by atoms with van der Waals surface area (Å²) in [4.78, 5) is 0. The van der Waals surface area contributed by atoms with E-state index in [9.17, 15) is 5.53 Å². The minimum absolute atomic E-state index is 1.01. The molecule has 0 saturated heterocycles. The molecule has 1 heterocycles. The van der Waals surface area contributed by atoms with Crippen LogP contribution < -0.4 is 0 Å². The Labute approximate surface area is 366 Å². The number of rotatable bonds is 34. The number of unbranched alkanes of at least 4 members (excludes halogenated alkanes) is 20. The molecular formula is C55H90N2Ni. The van der Waals surface area contributed by atoms with Crippen LogP contribution in [0.5, 0.6) is 0 Å². The first-order valence-corrected chi connectivity index (χ1v) is 26.2. The first-order valence-electron chi connectivity index (χ1n) is 24.8. The average Bonchev–Trinajstić information content (AvgIpc) is 3.52. The second-order valence-electron chi connectivity index (χ2n) is 16.7. The molecule has 3 rings (SSSR count). The van der Waals surface area contributed by atoms with Crippen molar-refractivity contribution in [2.24, 2.45) is 0 Å². The summed E-state index contributed by atoms with van der Waals surface area (Å²) in [7, 11) is 0. The van der Waals surface area contributed by atoms with E-state index in [0.29, 0.717) is 0 Å². The second kappa shape index (κ2) is 35.5. The van der Waals surface area contributed by atoms with Gasteiger partial charge in [-0.15, -0.1) is 0 Å². The fourth-order valence-corrected chi connectivity index (χ4v) is 8.78. The summed E-state index contributed by atoms with van der Waals surface area (Å²) in [5.41, 5.74) is 22.0. The van der Waals surface area contributed by atoms with Crippen LogP contribution >= 0.6 is 0 Å². The van der Waals surface area contributed by atoms with Gasteiger partial charge in [-0.3, -0.25) is 0 Å². The van der Waals surface area contributed by atoms with E-state index in [0.717, 1.165) is 74.7 Å². The third kappa shape index (κ3) is 21.3. The normalized spacial score (nSPS) is 13.0. The van der Waals surface area contributed by atoms with Crippen LogP contribution in [0.4, 0.5) is 0 Å². The maximum atomic E-state index is 12.1. The fourth-order valence-electron chi connectivity index (χ4n) is 8.29. The Morgan fingerprint density at radius 2 is 0.914 bits per heavy atom. The van der Waals surface area contributed by atoms with Gasteiger partial charge in [-0.1, -0.05) is 186 Å². The Balaban J connectivity index is 0.00000218. The summed E-state index contributed by atoms with van der Waals surface area (Å²) >= 11 is 1.82. The number of nitrogens with zero attached hydrogens (tertiary/aromatic N) is 2. The van der Waals surface area contributed by atoms with Gasteiger partial charge in [0.1, 0.15) is 0 Å². The van der Waals surface area contributed by atoms with Crippen molar-refractivity contribution in [3.05, 3.63) is 99.6 Å². The first-order chi connectivity index (χ1) is 28.6. The van der Waals surface area contributed by atoms with Gasteiger partial charge in [0.15, 0.2) is 0 Å². The number of aryl methyl sites for hydroxylation is 2. The van der Waals surface area contributed by atoms with Gasteiger partial charge >= 0.3 is 39.1 Å². The molecule has 0 bridgehead atoms. The Hall–Kier alpha value is -2.25. The molecule has 0 aromatic heterocycles. The third-order valence-corrected chi connectivity index (χ3v) is 12.8. The van der Waals surface area contributed by atoms with Gasteiger partial charge in [-0.25, -0.2) is 4.70 Å². The second-order valence-corrected chi connectivity index (χ2v) is 18.6. The summed E-state index contributed by atoms with van der Waals surface area (Å²) in [6, 6.07) is 17.9. The van der Waals surface area contributed by atoms with E-state index < -0.39 is 0 Å². The van der Waals surface area contributed by atoms with Crippen molar-refractivity contribution in [1.29, 1.82) is 0 Å². The van der Waals surface area contributed by atoms with Gasteiger partial charge in [0.2, 0.25) is 11.4 Å². The number of hydrogen-bond donors (Lipinski definition) is 0. The molecule has 2 aromatic rings. The number of allylic oxidation sites excluding steroid dienone is 4. The zero-order valence-electron chi connectivity index (χ0n) is 38.9. The molecule has 2 nitrogen and oxygen atoms in total. The van der Waals surface area contributed by atoms with E-state index in [1.165, 1.54) is 167 Å². The topological polar surface area (TPSA) is 25.3 Å². The van der Waals surface area contributed by atoms with Gasteiger partial charge < -0.3 is 5.53 Å². The van der Waals surface area contributed by atoms with Gasteiger partial charge in [0.05, 0.1) is 0 Å². The third-order valence-electron chi connectivity index (χ3n) is 11.8. The van der Waals surface area contributed by atoms with Crippen LogP contribution in [0.2, 0.25) is 10.8 Å². The zero-order chi connectivity index (χ0) is 41.9. The molecule has 0 unspecified atom stereocenters. The van der Waals surface area contributed by atoms with Crippen LogP contribution in [0.1, 0.15) is 237 Å². The van der Waals surface area contributed by atoms with Gasteiger partial charge in [-0.2, -0.15) is 0 Å². The van der Waals surface area contributed by atoms with E-state index in [1.54, 1.807) is 4.70 Å². The standard InChI is InChI=1S/C51H80N2.2C2H5.Ni/c1-5-9-13-14-15-16-17-18-19-20-21-22-23-24-25-26-27-28-29-31-35-45-36-32-33-38-47(45)51-49(39-30-10-6-2)48(37-12-8-4)50(53(51)52)46-42-40-44(41-43-46)34-11-7-3;2*1-2;/h27-28,32-33,36,38,40-43H,5-26,29-31,34-35,37,39H2,1-4H3;2*1H2,2H3;. The first kappa shape index (κ1) is 51.9. The van der Waals surface area contributed by atoms with E-state index in [2.05, 4.69) is 102 Å². The zero-order valence-corrected chi connectivity index (χ0v) is 39.9. The molecular weight excluding hydrogens is 747 g/mol. The van der Waals surface area contributed by atoms with Crippen molar-refractivity contribution in [3.63, 3.8) is 0 Å². The van der Waals surface area contributed by atoms with Crippen molar-refractivity contribution in [2.45, 2.75) is 239 Å². The molecule has 0 fully saturated rings. The molecule has 0 saturated carbocycles. The number of hydrogen-bond acceptors (Lipinski definition) is 0. The van der Waals surface area contributed by atoms with E-state index >= 15 is 0 Å². The molecule has 1 aliphatic heterocycles. The molecule has 0 aliphatic carbocycles. The summed E-state index contributed by atoms with van der Waals surface area (Å²) in [5, 5.41) is 2.56. The average molecular weight is 838 g/mol. The van der Waals surface area contributed by atoms with Crippen molar-refractivity contribution < 1.29 is 19.1 Å². The predicted octanol–water partition coefficient (Wildman–Crippen LogP) is 19.1. The van der Waals surface area contributed by atoms with Gasteiger partial charge in [0.25, 0.3) is 0 Å². The summed E-state index contributed by atoms with van der Waals surface area (Å²) in [5.74, 6) is 0. The summed E-state index contributed by atoms with van der Waals surface area (Å²) in [6.45, 7) is 13.5. The number of benzene rings is 2. The Kier molecular flexibility index (Phi) is 31.8. The molecule has 2 aromatic carbocycles. The van der Waals surface area contributed by atoms with Crippen LogP contribution in [0.3, 0.4) is 0 Å². The molecule has 0 N–H and O–H groups in total. The van der Waals surface area contributed by atoms with Crippen LogP contribution in [-0.4, -0.2) is 4.70 Å². The predicted molar refractivity (Wildman–Crippen MR) is 255 cm³/mol. The molecule has 330 valence electrons. The van der Waals surface area contributed by atoms with Crippen molar-refractivity contribution in [3.8, 4) is 0 Å². The molecule has 0 radical (unpaired) electrons. The van der Waals surface area contributed by atoms with E-state index in [1.807, 2.05) is 14.4 Å². The Morgan fingerprint density at radius 1 is 0.448 bits per heavy atom. The van der Waals surface area contributed by atoms with Crippen molar-refractivity contribution >= 4 is 11.4 Å². The molecule has 3 heteroatoms. The van der Waals surface area contributed by atoms with Crippen LogP contribution in [-0.2, 0) is 27.3 Å². The quantitative estimate of drug-likeness (QED) is 0.0290. The maximum absolute atomic E-state index is 12.1. The Bertz CT molecular complexity index is 1410. The van der Waals surface area contributed by atoms with Crippen LogP contribution in [0.25, 0.3) is 16.9 Å². The van der Waals surface area contributed by atoms with Gasteiger partial charge in [-0.05, 0) is 100.0 Å². The molecule has 58 heavy (non-hydrogen) atoms. The Morgan fingerprint density at radius 3 is 1.47 bits per heavy atom. The fraction of sp³-hybridized carbons (Fsp3) is 0.673. The summed E-state index contributed by atoms with van der Waals surface area (Å²) < 4.78 is 1.59. The summed E-state index contributed by atoms with van der Waals surface area (Å²) in [6.07, 6.45) is 42.2. The minimum atomic E-state index is 1.01.